The van der Waals surface area contributed by atoms with Crippen LogP contribution in [0, 0.1) is 0 Å². The Kier molecular flexibility index (Phi) is 8.12. The number of thiol groups is 1. The molecule has 2 atom stereocenters. The van der Waals surface area contributed by atoms with Crippen LogP contribution in [0.25, 0.3) is 0 Å². The lowest BCUT2D eigenvalue weighted by Gasteiger charge is -2.12. The van der Waals surface area contributed by atoms with Crippen LogP contribution >= 0.6 is 22.5 Å². The van der Waals surface area contributed by atoms with Crippen molar-refractivity contribution in [3.05, 3.63) is 0 Å². The van der Waals surface area contributed by atoms with E-state index in [-0.39, 0.29) is 0 Å². The van der Waals surface area contributed by atoms with Crippen molar-refractivity contribution in [2.75, 3.05) is 6.61 Å². The molecule has 0 amide bonds. The van der Waals surface area contributed by atoms with Crippen molar-refractivity contribution in [3.63, 3.8) is 0 Å². The lowest BCUT2D eigenvalue weighted by atomic mass is 10.3. The Balaban J connectivity index is 3.13. The summed E-state index contributed by atoms with van der Waals surface area (Å²) in [5, 5.41) is 0. The van der Waals surface area contributed by atoms with Gasteiger partial charge >= 0.3 is 0 Å². The highest BCUT2D eigenvalue weighted by Crippen LogP contribution is 2.14. The summed E-state index contributed by atoms with van der Waals surface area (Å²) in [4.78, 5) is 0.738. The molecule has 0 heterocycles. The summed E-state index contributed by atoms with van der Waals surface area (Å²) in [6.45, 7) is 5.17. The molecule has 0 aliphatic rings. The molecule has 0 aliphatic heterocycles. The number of ether oxygens (including phenoxy) is 1. The molecule has 0 aromatic rings. The topological polar surface area (TPSA) is 9.23 Å². The van der Waals surface area contributed by atoms with Crippen LogP contribution < -0.4 is 0 Å². The van der Waals surface area contributed by atoms with Gasteiger partial charge in [-0.1, -0.05) is 17.7 Å². The Hall–Kier alpha value is 0.877. The maximum atomic E-state index is 5.54. The minimum atomic E-state index is 0.425. The first kappa shape index (κ1) is 11.9. The van der Waals surface area contributed by atoms with Crippen molar-refractivity contribution in [2.24, 2.45) is 0 Å². The van der Waals surface area contributed by atoms with Crippen LogP contribution in [0.4, 0.5) is 0 Å². The SMILES string of the molecule is CCC(C)OCCC([SiH3])SS. The van der Waals surface area contributed by atoms with Crippen LogP contribution in [0.5, 0.6) is 0 Å². The summed E-state index contributed by atoms with van der Waals surface area (Å²) in [6, 6.07) is 0. The van der Waals surface area contributed by atoms with Gasteiger partial charge < -0.3 is 4.74 Å². The largest absolute Gasteiger partial charge is 0.378 e. The molecule has 0 spiro atoms. The second-order valence-electron chi connectivity index (χ2n) is 2.79. The van der Waals surface area contributed by atoms with Crippen LogP contribution in [0.1, 0.15) is 26.7 Å². The van der Waals surface area contributed by atoms with E-state index in [1.54, 1.807) is 10.8 Å². The second-order valence-corrected chi connectivity index (χ2v) is 6.67. The smallest absolute Gasteiger partial charge is 0.0544 e. The highest BCUT2D eigenvalue weighted by molar-refractivity contribution is 8.69. The van der Waals surface area contributed by atoms with E-state index >= 15 is 0 Å². The van der Waals surface area contributed by atoms with Gasteiger partial charge in [-0.3, -0.25) is 0 Å². The van der Waals surface area contributed by atoms with Gasteiger partial charge in [0.1, 0.15) is 0 Å². The fourth-order valence-electron chi connectivity index (χ4n) is 0.606. The summed E-state index contributed by atoms with van der Waals surface area (Å²) < 4.78 is 5.54. The Bertz CT molecular complexity index is 82.5. The molecule has 0 N–H and O–H groups in total. The van der Waals surface area contributed by atoms with E-state index in [1.807, 2.05) is 0 Å². The Labute approximate surface area is 81.9 Å². The molecule has 0 radical (unpaired) electrons. The van der Waals surface area contributed by atoms with E-state index in [4.69, 9.17) is 4.74 Å². The quantitative estimate of drug-likeness (QED) is 0.404. The molecule has 4 heteroatoms. The van der Waals surface area contributed by atoms with E-state index < -0.39 is 0 Å². The Morgan fingerprint density at radius 2 is 2.27 bits per heavy atom. The fourth-order valence-corrected chi connectivity index (χ4v) is 1.36. The zero-order valence-corrected chi connectivity index (χ0v) is 11.3. The lowest BCUT2D eigenvalue weighted by Crippen LogP contribution is -2.11. The van der Waals surface area contributed by atoms with Crippen molar-refractivity contribution >= 4 is 32.7 Å². The molecule has 0 aromatic carbocycles. The summed E-state index contributed by atoms with van der Waals surface area (Å²) in [5.74, 6) is 0. The summed E-state index contributed by atoms with van der Waals surface area (Å²) in [5.41, 5.74) is 0. The second kappa shape index (κ2) is 7.52. The first-order chi connectivity index (χ1) is 5.20. The Morgan fingerprint density at radius 3 is 2.73 bits per heavy atom. The van der Waals surface area contributed by atoms with Gasteiger partial charge in [0.05, 0.1) is 6.10 Å². The third-order valence-corrected chi connectivity index (χ3v) is 5.83. The zero-order valence-electron chi connectivity index (χ0n) is 7.54. The van der Waals surface area contributed by atoms with Crippen LogP contribution in [-0.4, -0.2) is 27.8 Å². The third kappa shape index (κ3) is 7.24. The standard InChI is InChI=1S/C7H18OS2Si/c1-3-6(2)8-5-4-7(11)10-9/h6-7,9H,3-5H2,1-2,11H3. The van der Waals surface area contributed by atoms with Gasteiger partial charge in [0.25, 0.3) is 0 Å². The molecule has 1 nitrogen and oxygen atoms in total. The van der Waals surface area contributed by atoms with Crippen molar-refractivity contribution in [1.82, 2.24) is 0 Å². The lowest BCUT2D eigenvalue weighted by molar-refractivity contribution is 0.0638. The van der Waals surface area contributed by atoms with Gasteiger partial charge in [0, 0.05) is 21.7 Å². The van der Waals surface area contributed by atoms with E-state index in [0.717, 1.165) is 24.3 Å². The minimum Gasteiger partial charge on any atom is -0.378 e. The van der Waals surface area contributed by atoms with Gasteiger partial charge in [-0.05, 0) is 19.8 Å². The first-order valence-electron chi connectivity index (χ1n) is 4.12. The van der Waals surface area contributed by atoms with Crippen LogP contribution in [0.2, 0.25) is 0 Å². The fraction of sp³-hybridized carbons (Fsp3) is 1.00. The van der Waals surface area contributed by atoms with Crippen LogP contribution in [-0.2, 0) is 4.74 Å². The van der Waals surface area contributed by atoms with Crippen molar-refractivity contribution in [3.8, 4) is 0 Å². The van der Waals surface area contributed by atoms with Gasteiger partial charge in [-0.15, -0.1) is 11.7 Å². The summed E-state index contributed by atoms with van der Waals surface area (Å²) in [7, 11) is 2.87. The predicted molar refractivity (Wildman–Crippen MR) is 60.6 cm³/mol. The van der Waals surface area contributed by atoms with E-state index in [0.29, 0.717) is 6.10 Å². The van der Waals surface area contributed by atoms with Gasteiger partial charge in [0.15, 0.2) is 0 Å². The van der Waals surface area contributed by atoms with Gasteiger partial charge in [-0.25, -0.2) is 0 Å². The van der Waals surface area contributed by atoms with Gasteiger partial charge in [-0.2, -0.15) is 0 Å². The maximum absolute atomic E-state index is 5.54. The molecule has 11 heavy (non-hydrogen) atoms. The highest BCUT2D eigenvalue weighted by Gasteiger charge is 2.01. The average molecular weight is 210 g/mol. The minimum absolute atomic E-state index is 0.425. The number of hydrogen-bond acceptors (Lipinski definition) is 3. The van der Waals surface area contributed by atoms with E-state index in [2.05, 4.69) is 25.5 Å². The Morgan fingerprint density at radius 1 is 1.64 bits per heavy atom. The van der Waals surface area contributed by atoms with Crippen molar-refractivity contribution in [2.45, 2.75) is 37.7 Å². The predicted octanol–water partition coefficient (Wildman–Crippen LogP) is 1.46. The molecule has 0 bridgehead atoms. The molecule has 0 aliphatic carbocycles. The summed E-state index contributed by atoms with van der Waals surface area (Å²) >= 11 is 4.16. The van der Waals surface area contributed by atoms with E-state index in [9.17, 15) is 0 Å². The molecular formula is C7H18OS2Si. The van der Waals surface area contributed by atoms with Crippen molar-refractivity contribution < 1.29 is 4.74 Å². The van der Waals surface area contributed by atoms with Gasteiger partial charge in [0.2, 0.25) is 0 Å². The third-order valence-electron chi connectivity index (χ3n) is 1.68. The highest BCUT2D eigenvalue weighted by atomic mass is 33.1. The molecule has 0 aromatic heterocycles. The van der Waals surface area contributed by atoms with Crippen molar-refractivity contribution in [1.29, 1.82) is 0 Å². The summed E-state index contributed by atoms with van der Waals surface area (Å²) in [6.07, 6.45) is 2.69. The average Bonchev–Trinajstić information content (AvgIpc) is 2.04. The monoisotopic (exact) mass is 210 g/mol. The molecular weight excluding hydrogens is 192 g/mol. The maximum Gasteiger partial charge on any atom is 0.0544 e. The van der Waals surface area contributed by atoms with E-state index in [1.165, 1.54) is 10.2 Å². The molecule has 0 fully saturated rings. The van der Waals surface area contributed by atoms with Crippen LogP contribution in [0.3, 0.4) is 0 Å². The normalized spacial score (nSPS) is 16.6. The zero-order chi connectivity index (χ0) is 8.69. The number of rotatable bonds is 6. The molecule has 2 unspecified atom stereocenters. The molecule has 0 saturated carbocycles. The van der Waals surface area contributed by atoms with Crippen LogP contribution in [0.15, 0.2) is 0 Å². The first-order valence-corrected chi connectivity index (χ1v) is 7.21. The number of hydrogen-bond donors (Lipinski definition) is 1. The molecule has 68 valence electrons. The molecule has 0 rings (SSSR count). The molecule has 0 saturated heterocycles.